The van der Waals surface area contributed by atoms with Crippen molar-refractivity contribution in [2.24, 2.45) is 0 Å². The molecular weight excluding hydrogens is 961 g/mol. The van der Waals surface area contributed by atoms with E-state index < -0.39 is 0 Å². The largest absolute Gasteiger partial charge is 0.309 e. The van der Waals surface area contributed by atoms with Gasteiger partial charge in [0.15, 0.2) is 5.69 Å². The number of hydrogen-bond acceptors (Lipinski definition) is 5. The molecule has 0 N–H and O–H groups in total. The van der Waals surface area contributed by atoms with E-state index in [4.69, 9.17) is 6.57 Å². The number of fused-ring (bicyclic) bond motifs is 19. The quantitative estimate of drug-likeness (QED) is 0.128. The van der Waals surface area contributed by atoms with Crippen molar-refractivity contribution in [3.8, 4) is 6.07 Å². The first-order valence-corrected chi connectivity index (χ1v) is 27.5. The van der Waals surface area contributed by atoms with Crippen LogP contribution in [0.3, 0.4) is 0 Å². The number of para-hydroxylation sites is 2. The molecule has 6 heteroatoms. The van der Waals surface area contributed by atoms with Gasteiger partial charge in [0.05, 0.1) is 52.3 Å². The van der Waals surface area contributed by atoms with Crippen molar-refractivity contribution in [3.63, 3.8) is 0 Å². The van der Waals surface area contributed by atoms with Crippen LogP contribution >= 0.6 is 22.7 Å². The molecule has 16 rings (SSSR count). The van der Waals surface area contributed by atoms with Gasteiger partial charge in [-0.1, -0.05) is 143 Å². The topological polar surface area (TPSA) is 34.6 Å². The van der Waals surface area contributed by atoms with Crippen LogP contribution in [-0.4, -0.2) is 0 Å². The third kappa shape index (κ3) is 5.75. The van der Waals surface area contributed by atoms with Gasteiger partial charge in [0.2, 0.25) is 0 Å². The molecule has 0 amide bonds. The minimum absolute atomic E-state index is 0.329. The van der Waals surface area contributed by atoms with Crippen LogP contribution in [0.15, 0.2) is 194 Å². The number of nitrogens with zero attached hydrogens (tertiary/aromatic N) is 4. The Morgan fingerprint density at radius 3 is 1.37 bits per heavy atom. The fourth-order valence-electron chi connectivity index (χ4n) is 13.5. The summed E-state index contributed by atoms with van der Waals surface area (Å²) in [4.78, 5) is 9.03. The van der Waals surface area contributed by atoms with E-state index >= 15 is 0 Å². The second-order valence-electron chi connectivity index (χ2n) is 21.8. The van der Waals surface area contributed by atoms with Gasteiger partial charge in [-0.25, -0.2) is 4.85 Å². The second kappa shape index (κ2) is 15.3. The molecule has 0 aliphatic carbocycles. The Kier molecular flexibility index (Phi) is 8.72. The lowest BCUT2D eigenvalue weighted by Crippen LogP contribution is -2.30. The number of thiophene rings is 2. The zero-order valence-electron chi connectivity index (χ0n) is 42.1. The fourth-order valence-corrected chi connectivity index (χ4v) is 15.8. The molecule has 0 saturated carbocycles. The Balaban J connectivity index is 1.00. The number of nitriles is 1. The van der Waals surface area contributed by atoms with E-state index in [1.54, 1.807) is 0 Å². The van der Waals surface area contributed by atoms with Crippen LogP contribution in [0.1, 0.15) is 55.5 Å². The number of benzene rings is 12. The summed E-state index contributed by atoms with van der Waals surface area (Å²) in [5, 5.41) is 27.2. The van der Waals surface area contributed by atoms with Crippen molar-refractivity contribution in [2.75, 3.05) is 9.80 Å². The van der Waals surface area contributed by atoms with E-state index in [1.807, 2.05) is 34.8 Å². The van der Waals surface area contributed by atoms with Crippen molar-refractivity contribution in [3.05, 3.63) is 233 Å². The predicted molar refractivity (Wildman–Crippen MR) is 324 cm³/mol. The van der Waals surface area contributed by atoms with Gasteiger partial charge < -0.3 is 9.80 Å². The lowest BCUT2D eigenvalue weighted by molar-refractivity contribution is 0.633. The zero-order valence-corrected chi connectivity index (χ0v) is 43.7. The average Bonchev–Trinajstić information content (AvgIpc) is 4.07. The Bertz CT molecular complexity index is 4740. The fraction of sp³-hybridized carbons (Fsp3) is 0.0857. The molecule has 2 aromatic heterocycles. The van der Waals surface area contributed by atoms with E-state index in [2.05, 4.69) is 230 Å². The molecule has 2 aliphatic rings. The van der Waals surface area contributed by atoms with Crippen molar-refractivity contribution in [1.82, 2.24) is 0 Å². The highest BCUT2D eigenvalue weighted by molar-refractivity contribution is 7.26. The number of anilines is 6. The maximum atomic E-state index is 10.7. The van der Waals surface area contributed by atoms with Gasteiger partial charge in [0, 0.05) is 56.6 Å². The highest BCUT2D eigenvalue weighted by Crippen LogP contribution is 2.59. The standard InChI is InChI=1S/C70H44N4S2/c1-69(2)53-18-10-12-20-57(53)73(61-36-65-51(32-55(61)69)67-43-16-8-6-14-40(43)23-28-63(67)75-65)59-34-48-46-27-25-42(72-5)31-50(46)60(35-47(48)45-26-22-39(38-71)30-49(45)59)74-58-21-13-11-19-54(58)70(3,4)56-33-52-66(37-62(56)74)76-64-29-24-41-15-7-9-17-44(41)68(52)64/h6-37H,1-4H3. The second-order valence-corrected chi connectivity index (χ2v) is 24.0. The maximum absolute atomic E-state index is 10.7. The monoisotopic (exact) mass is 1000 g/mol. The average molecular weight is 1010 g/mol. The van der Waals surface area contributed by atoms with Crippen LogP contribution in [0.2, 0.25) is 0 Å². The first-order chi connectivity index (χ1) is 37.1. The van der Waals surface area contributed by atoms with Crippen molar-refractivity contribution < 1.29 is 0 Å². The Labute approximate surface area is 446 Å². The van der Waals surface area contributed by atoms with E-state index in [1.165, 1.54) is 84.1 Å². The minimum atomic E-state index is -0.331. The molecule has 0 atom stereocenters. The van der Waals surface area contributed by atoms with Crippen LogP contribution in [-0.2, 0) is 10.8 Å². The van der Waals surface area contributed by atoms with Gasteiger partial charge in [-0.3, -0.25) is 0 Å². The van der Waals surface area contributed by atoms with Gasteiger partial charge in [0.25, 0.3) is 0 Å². The summed E-state index contributed by atoms with van der Waals surface area (Å²) in [5.74, 6) is 0. The minimum Gasteiger partial charge on any atom is -0.309 e. The molecule has 4 nitrogen and oxygen atoms in total. The van der Waals surface area contributed by atoms with Crippen LogP contribution in [0.5, 0.6) is 0 Å². The van der Waals surface area contributed by atoms with Gasteiger partial charge in [-0.15, -0.1) is 22.7 Å². The van der Waals surface area contributed by atoms with Gasteiger partial charge in [-0.2, -0.15) is 5.26 Å². The molecule has 0 radical (unpaired) electrons. The highest BCUT2D eigenvalue weighted by Gasteiger charge is 2.40. The van der Waals surface area contributed by atoms with E-state index in [-0.39, 0.29) is 10.8 Å². The summed E-state index contributed by atoms with van der Waals surface area (Å²) < 4.78 is 5.03. The third-order valence-corrected chi connectivity index (χ3v) is 19.4. The summed E-state index contributed by atoms with van der Waals surface area (Å²) in [6, 6.07) is 73.8. The van der Waals surface area contributed by atoms with Crippen LogP contribution < -0.4 is 9.80 Å². The van der Waals surface area contributed by atoms with Gasteiger partial charge in [-0.05, 0) is 150 Å². The molecule has 12 aromatic carbocycles. The molecule has 356 valence electrons. The molecule has 76 heavy (non-hydrogen) atoms. The smallest absolute Gasteiger partial charge is 0.187 e. The molecule has 0 fully saturated rings. The normalized spacial score (nSPS) is 14.4. The third-order valence-electron chi connectivity index (χ3n) is 17.2. The molecule has 0 saturated heterocycles. The summed E-state index contributed by atoms with van der Waals surface area (Å²) in [5.41, 5.74) is 12.1. The first-order valence-electron chi connectivity index (χ1n) is 25.9. The van der Waals surface area contributed by atoms with E-state index in [0.717, 1.165) is 66.4 Å². The van der Waals surface area contributed by atoms with Crippen LogP contribution in [0.4, 0.5) is 39.8 Å². The summed E-state index contributed by atoms with van der Waals surface area (Å²) in [6.45, 7) is 17.8. The number of rotatable bonds is 2. The van der Waals surface area contributed by atoms with Gasteiger partial charge >= 0.3 is 0 Å². The predicted octanol–water partition coefficient (Wildman–Crippen LogP) is 20.8. The molecular formula is C70H44N4S2. The lowest BCUT2D eigenvalue weighted by atomic mass is 9.73. The van der Waals surface area contributed by atoms with Crippen molar-refractivity contribution in [1.29, 1.82) is 5.26 Å². The lowest BCUT2D eigenvalue weighted by Gasteiger charge is -2.43. The summed E-state index contributed by atoms with van der Waals surface area (Å²) >= 11 is 3.71. The van der Waals surface area contributed by atoms with Crippen LogP contribution in [0, 0.1) is 17.9 Å². The Morgan fingerprint density at radius 2 is 0.855 bits per heavy atom. The number of hydrogen-bond donors (Lipinski definition) is 0. The Hall–Kier alpha value is -9.04. The first kappa shape index (κ1) is 43.4. The van der Waals surface area contributed by atoms with Gasteiger partial charge in [0.1, 0.15) is 0 Å². The highest BCUT2D eigenvalue weighted by atomic mass is 32.1. The van der Waals surface area contributed by atoms with Crippen molar-refractivity contribution >= 4 is 157 Å². The zero-order chi connectivity index (χ0) is 50.9. The molecule has 2 aliphatic heterocycles. The summed E-state index contributed by atoms with van der Waals surface area (Å²) in [6.07, 6.45) is 0. The molecule has 0 bridgehead atoms. The van der Waals surface area contributed by atoms with Crippen molar-refractivity contribution in [2.45, 2.75) is 38.5 Å². The molecule has 0 unspecified atom stereocenters. The van der Waals surface area contributed by atoms with E-state index in [9.17, 15) is 5.26 Å². The molecule has 4 heterocycles. The van der Waals surface area contributed by atoms with Crippen LogP contribution in [0.25, 0.3) is 99.1 Å². The molecule has 14 aromatic rings. The Morgan fingerprint density at radius 1 is 0.382 bits per heavy atom. The maximum Gasteiger partial charge on any atom is 0.187 e. The summed E-state index contributed by atoms with van der Waals surface area (Å²) in [7, 11) is 0. The molecule has 0 spiro atoms. The van der Waals surface area contributed by atoms with E-state index in [0.29, 0.717) is 11.3 Å². The SMILES string of the molecule is [C-]#[N+]c1ccc2c(c1)c(N1c3ccccc3C(C)(C)c3cc4c(cc31)sc1ccc3ccccc3c14)cc1c3ccc(C#N)cc3c(N3c4ccccc4C(C)(C)c4cc5c(cc43)sc3ccc4ccccc4c35)cc21.